The zero-order chi connectivity index (χ0) is 16.3. The van der Waals surface area contributed by atoms with Gasteiger partial charge in [0.05, 0.1) is 17.0 Å². The summed E-state index contributed by atoms with van der Waals surface area (Å²) in [6.07, 6.45) is 4.94. The fraction of sp³-hybridized carbons (Fsp3) is 0.500. The molecule has 1 aliphatic carbocycles. The Morgan fingerprint density at radius 1 is 1.41 bits per heavy atom. The maximum atomic E-state index is 13.2. The fourth-order valence-electron chi connectivity index (χ4n) is 2.51. The largest absolute Gasteiger partial charge is 0.352 e. The SMILES string of the molecule is CS(=O)(=O)N(CC(=O)NC1CCCC1)c1ccc(F)c(Cl)c1. The van der Waals surface area contributed by atoms with E-state index in [4.69, 9.17) is 11.6 Å². The topological polar surface area (TPSA) is 66.5 Å². The molecule has 0 radical (unpaired) electrons. The summed E-state index contributed by atoms with van der Waals surface area (Å²) in [5, 5.41) is 2.63. The molecule has 22 heavy (non-hydrogen) atoms. The van der Waals surface area contributed by atoms with Crippen LogP contribution < -0.4 is 9.62 Å². The van der Waals surface area contributed by atoms with E-state index in [0.717, 1.165) is 42.3 Å². The zero-order valence-corrected chi connectivity index (χ0v) is 13.8. The third-order valence-corrected chi connectivity index (χ3v) is 5.03. The second-order valence-corrected chi connectivity index (χ2v) is 7.73. The van der Waals surface area contributed by atoms with Gasteiger partial charge in [-0.2, -0.15) is 0 Å². The Kier molecular flexibility index (Phi) is 5.28. The van der Waals surface area contributed by atoms with Crippen molar-refractivity contribution in [2.45, 2.75) is 31.7 Å². The van der Waals surface area contributed by atoms with Crippen molar-refractivity contribution in [3.05, 3.63) is 29.0 Å². The summed E-state index contributed by atoms with van der Waals surface area (Å²) in [6.45, 7) is -0.350. The van der Waals surface area contributed by atoms with Gasteiger partial charge in [0, 0.05) is 6.04 Å². The summed E-state index contributed by atoms with van der Waals surface area (Å²) in [5.41, 5.74) is 0.162. The zero-order valence-electron chi connectivity index (χ0n) is 12.2. The summed E-state index contributed by atoms with van der Waals surface area (Å²) >= 11 is 5.68. The van der Waals surface area contributed by atoms with Gasteiger partial charge in [-0.1, -0.05) is 24.4 Å². The molecule has 0 bridgehead atoms. The lowest BCUT2D eigenvalue weighted by Crippen LogP contribution is -2.43. The molecule has 5 nitrogen and oxygen atoms in total. The normalized spacial score (nSPS) is 15.8. The molecule has 0 aliphatic heterocycles. The molecule has 0 atom stereocenters. The minimum absolute atomic E-state index is 0.103. The Labute approximate surface area is 134 Å². The Morgan fingerprint density at radius 3 is 2.59 bits per heavy atom. The maximum Gasteiger partial charge on any atom is 0.240 e. The summed E-state index contributed by atoms with van der Waals surface area (Å²) in [5.74, 6) is -1.02. The second-order valence-electron chi connectivity index (χ2n) is 5.42. The van der Waals surface area contributed by atoms with Crippen LogP contribution in [0.1, 0.15) is 25.7 Å². The van der Waals surface area contributed by atoms with E-state index in [0.29, 0.717) is 0 Å². The van der Waals surface area contributed by atoms with Crippen molar-refractivity contribution in [2.24, 2.45) is 0 Å². The van der Waals surface area contributed by atoms with Crippen LogP contribution in [0.2, 0.25) is 5.02 Å². The summed E-state index contributed by atoms with van der Waals surface area (Å²) < 4.78 is 38.0. The molecule has 1 aromatic rings. The summed E-state index contributed by atoms with van der Waals surface area (Å²) in [7, 11) is -3.68. The van der Waals surface area contributed by atoms with Gasteiger partial charge in [-0.3, -0.25) is 9.10 Å². The van der Waals surface area contributed by atoms with Crippen LogP contribution in [0.5, 0.6) is 0 Å². The molecule has 0 spiro atoms. The maximum absolute atomic E-state index is 13.2. The number of amides is 1. The quantitative estimate of drug-likeness (QED) is 0.888. The third kappa shape index (κ3) is 4.33. The molecule has 2 rings (SSSR count). The van der Waals surface area contributed by atoms with Crippen molar-refractivity contribution in [3.63, 3.8) is 0 Å². The molecule has 1 saturated carbocycles. The molecular weight excluding hydrogens is 331 g/mol. The number of carbonyl (C=O) groups is 1. The van der Waals surface area contributed by atoms with Crippen molar-refractivity contribution in [1.82, 2.24) is 5.32 Å². The average Bonchev–Trinajstić information content (AvgIpc) is 2.91. The predicted octanol–water partition coefficient (Wildman–Crippen LogP) is 2.30. The molecule has 0 saturated heterocycles. The molecule has 122 valence electrons. The minimum atomic E-state index is -3.68. The Bertz CT molecular complexity index is 660. The highest BCUT2D eigenvalue weighted by Gasteiger charge is 2.24. The first-order chi connectivity index (χ1) is 10.3. The van der Waals surface area contributed by atoms with Gasteiger partial charge in [-0.15, -0.1) is 0 Å². The van der Waals surface area contributed by atoms with Gasteiger partial charge in [-0.05, 0) is 31.0 Å². The molecule has 0 heterocycles. The van der Waals surface area contributed by atoms with Gasteiger partial charge in [0.2, 0.25) is 15.9 Å². The lowest BCUT2D eigenvalue weighted by atomic mass is 10.2. The lowest BCUT2D eigenvalue weighted by Gasteiger charge is -2.23. The van der Waals surface area contributed by atoms with Crippen LogP contribution in [0, 0.1) is 5.82 Å². The van der Waals surface area contributed by atoms with Gasteiger partial charge in [0.15, 0.2) is 0 Å². The first-order valence-electron chi connectivity index (χ1n) is 6.99. The number of anilines is 1. The molecule has 1 N–H and O–H groups in total. The molecule has 1 aliphatic rings. The van der Waals surface area contributed by atoms with E-state index in [9.17, 15) is 17.6 Å². The molecular formula is C14H18ClFN2O3S. The fourth-order valence-corrected chi connectivity index (χ4v) is 3.54. The van der Waals surface area contributed by atoms with E-state index in [1.165, 1.54) is 12.1 Å². The number of nitrogens with zero attached hydrogens (tertiary/aromatic N) is 1. The molecule has 0 unspecified atom stereocenters. The summed E-state index contributed by atoms with van der Waals surface area (Å²) in [4.78, 5) is 12.1. The van der Waals surface area contributed by atoms with Crippen LogP contribution in [0.15, 0.2) is 18.2 Å². The molecule has 1 aromatic carbocycles. The first-order valence-corrected chi connectivity index (χ1v) is 9.22. The van der Waals surface area contributed by atoms with Crippen molar-refractivity contribution in [1.29, 1.82) is 0 Å². The second kappa shape index (κ2) is 6.83. The minimum Gasteiger partial charge on any atom is -0.352 e. The number of carbonyl (C=O) groups excluding carboxylic acids is 1. The van der Waals surface area contributed by atoms with E-state index in [1.54, 1.807) is 0 Å². The third-order valence-electron chi connectivity index (χ3n) is 3.60. The lowest BCUT2D eigenvalue weighted by molar-refractivity contribution is -0.120. The highest BCUT2D eigenvalue weighted by molar-refractivity contribution is 7.92. The number of sulfonamides is 1. The number of hydrogen-bond donors (Lipinski definition) is 1. The van der Waals surface area contributed by atoms with Gasteiger partial charge in [0.1, 0.15) is 12.4 Å². The van der Waals surface area contributed by atoms with Crippen molar-refractivity contribution >= 4 is 33.2 Å². The first kappa shape index (κ1) is 17.0. The number of rotatable bonds is 5. The smallest absolute Gasteiger partial charge is 0.240 e. The van der Waals surface area contributed by atoms with Crippen LogP contribution in [0.3, 0.4) is 0 Å². The highest BCUT2D eigenvalue weighted by Crippen LogP contribution is 2.24. The Morgan fingerprint density at radius 2 is 2.05 bits per heavy atom. The number of halogens is 2. The molecule has 1 fully saturated rings. The monoisotopic (exact) mass is 348 g/mol. The standard InChI is InChI=1S/C14H18ClFN2O3S/c1-22(20,21)18(11-6-7-13(16)12(15)8-11)9-14(19)17-10-4-2-3-5-10/h6-8,10H,2-5,9H2,1H3,(H,17,19). The van der Waals surface area contributed by atoms with Crippen molar-refractivity contribution in [3.8, 4) is 0 Å². The van der Waals surface area contributed by atoms with Gasteiger partial charge >= 0.3 is 0 Å². The van der Waals surface area contributed by atoms with E-state index < -0.39 is 15.8 Å². The van der Waals surface area contributed by atoms with Crippen LogP contribution in [-0.4, -0.2) is 33.2 Å². The molecule has 8 heteroatoms. The van der Waals surface area contributed by atoms with Crippen LogP contribution >= 0.6 is 11.6 Å². The number of nitrogens with one attached hydrogen (secondary N) is 1. The van der Waals surface area contributed by atoms with Gasteiger partial charge < -0.3 is 5.32 Å². The van der Waals surface area contributed by atoms with Crippen molar-refractivity contribution in [2.75, 3.05) is 17.1 Å². The van der Waals surface area contributed by atoms with Gasteiger partial charge in [-0.25, -0.2) is 12.8 Å². The van der Waals surface area contributed by atoms with E-state index in [-0.39, 0.29) is 29.2 Å². The highest BCUT2D eigenvalue weighted by atomic mass is 35.5. The molecule has 1 amide bonds. The van der Waals surface area contributed by atoms with E-state index >= 15 is 0 Å². The van der Waals surface area contributed by atoms with E-state index in [1.807, 2.05) is 0 Å². The van der Waals surface area contributed by atoms with Gasteiger partial charge in [0.25, 0.3) is 0 Å². The summed E-state index contributed by atoms with van der Waals surface area (Å²) in [6, 6.07) is 3.65. The Balaban J connectivity index is 2.16. The number of benzene rings is 1. The van der Waals surface area contributed by atoms with Crippen LogP contribution in [-0.2, 0) is 14.8 Å². The van der Waals surface area contributed by atoms with Crippen LogP contribution in [0.4, 0.5) is 10.1 Å². The van der Waals surface area contributed by atoms with E-state index in [2.05, 4.69) is 5.32 Å². The average molecular weight is 349 g/mol. The molecule has 0 aromatic heterocycles. The predicted molar refractivity (Wildman–Crippen MR) is 84.0 cm³/mol. The van der Waals surface area contributed by atoms with Crippen LogP contribution in [0.25, 0.3) is 0 Å². The Hall–Kier alpha value is -1.34. The van der Waals surface area contributed by atoms with Crippen molar-refractivity contribution < 1.29 is 17.6 Å². The number of hydrogen-bond acceptors (Lipinski definition) is 3.